The van der Waals surface area contributed by atoms with E-state index in [-0.39, 0.29) is 6.04 Å². The van der Waals surface area contributed by atoms with E-state index in [4.69, 9.17) is 0 Å². The first-order chi connectivity index (χ1) is 9.85. The van der Waals surface area contributed by atoms with Gasteiger partial charge in [-0.15, -0.1) is 0 Å². The lowest BCUT2D eigenvalue weighted by Crippen LogP contribution is -2.45. The zero-order valence-electron chi connectivity index (χ0n) is 12.8. The minimum absolute atomic E-state index is 0.319. The van der Waals surface area contributed by atoms with Crippen molar-refractivity contribution in [3.8, 4) is 0 Å². The molecule has 2 atom stereocenters. The van der Waals surface area contributed by atoms with Gasteiger partial charge in [0, 0.05) is 18.8 Å². The van der Waals surface area contributed by atoms with Gasteiger partial charge in [-0.3, -0.25) is 0 Å². The van der Waals surface area contributed by atoms with Gasteiger partial charge >= 0.3 is 0 Å². The Morgan fingerprint density at radius 1 is 1.14 bits per heavy atom. The number of aryl methyl sites for hydroxylation is 2. The Kier molecular flexibility index (Phi) is 4.91. The standard InChI is InChI=1S/C15H24N2O3S/c1-10-8-12(16-3)9-11(2)15(10)21(19,20)17-13-6-4-5-7-14(13)18/h8-9,13-14,16-18H,4-7H2,1-3H3. The summed E-state index contributed by atoms with van der Waals surface area (Å²) >= 11 is 0. The lowest BCUT2D eigenvalue weighted by Gasteiger charge is -2.28. The molecule has 118 valence electrons. The Hall–Kier alpha value is -1.11. The molecule has 0 spiro atoms. The van der Waals surface area contributed by atoms with Crippen molar-refractivity contribution < 1.29 is 13.5 Å². The van der Waals surface area contributed by atoms with E-state index in [1.807, 2.05) is 12.1 Å². The predicted molar refractivity (Wildman–Crippen MR) is 84.0 cm³/mol. The molecule has 2 rings (SSSR count). The topological polar surface area (TPSA) is 78.4 Å². The van der Waals surface area contributed by atoms with Crippen molar-refractivity contribution >= 4 is 15.7 Å². The van der Waals surface area contributed by atoms with Gasteiger partial charge in [-0.2, -0.15) is 0 Å². The van der Waals surface area contributed by atoms with E-state index in [0.29, 0.717) is 28.9 Å². The second kappa shape index (κ2) is 6.34. The van der Waals surface area contributed by atoms with Crippen LogP contribution in [0.4, 0.5) is 5.69 Å². The van der Waals surface area contributed by atoms with Crippen LogP contribution >= 0.6 is 0 Å². The first-order valence-electron chi connectivity index (χ1n) is 7.34. The number of sulfonamides is 1. The number of rotatable bonds is 4. The Bertz CT molecular complexity index is 590. The van der Waals surface area contributed by atoms with Crippen LogP contribution in [0.15, 0.2) is 17.0 Å². The minimum Gasteiger partial charge on any atom is -0.391 e. The summed E-state index contributed by atoms with van der Waals surface area (Å²) in [5.41, 5.74) is 2.30. The predicted octanol–water partition coefficient (Wildman–Crippen LogP) is 1.93. The Balaban J connectivity index is 2.31. The quantitative estimate of drug-likeness (QED) is 0.794. The number of benzene rings is 1. The molecule has 0 amide bonds. The highest BCUT2D eigenvalue weighted by atomic mass is 32.2. The second-order valence-corrected chi connectivity index (χ2v) is 7.42. The molecule has 21 heavy (non-hydrogen) atoms. The molecule has 1 aromatic carbocycles. The Labute approximate surface area is 126 Å². The lowest BCUT2D eigenvalue weighted by atomic mass is 9.93. The number of nitrogens with one attached hydrogen (secondary N) is 2. The van der Waals surface area contributed by atoms with Crippen LogP contribution in [0.25, 0.3) is 0 Å². The molecule has 0 radical (unpaired) electrons. The Morgan fingerprint density at radius 3 is 2.24 bits per heavy atom. The van der Waals surface area contributed by atoms with Crippen LogP contribution in [-0.2, 0) is 10.0 Å². The fraction of sp³-hybridized carbons (Fsp3) is 0.600. The number of aliphatic hydroxyl groups is 1. The third-order valence-electron chi connectivity index (χ3n) is 4.05. The fourth-order valence-electron chi connectivity index (χ4n) is 3.03. The molecule has 1 fully saturated rings. The lowest BCUT2D eigenvalue weighted by molar-refractivity contribution is 0.101. The summed E-state index contributed by atoms with van der Waals surface area (Å²) < 4.78 is 28.0. The average molecular weight is 312 g/mol. The molecule has 0 saturated heterocycles. The van der Waals surface area contributed by atoms with Gasteiger partial charge in [0.2, 0.25) is 10.0 Å². The highest BCUT2D eigenvalue weighted by molar-refractivity contribution is 7.89. The molecule has 1 aromatic rings. The molecule has 5 nitrogen and oxygen atoms in total. The van der Waals surface area contributed by atoms with Gasteiger partial charge in [0.25, 0.3) is 0 Å². The van der Waals surface area contributed by atoms with E-state index in [1.165, 1.54) is 0 Å². The molecule has 6 heteroatoms. The van der Waals surface area contributed by atoms with E-state index in [2.05, 4.69) is 10.0 Å². The van der Waals surface area contributed by atoms with Crippen molar-refractivity contribution in [2.45, 2.75) is 56.6 Å². The average Bonchev–Trinajstić information content (AvgIpc) is 2.40. The SMILES string of the molecule is CNc1cc(C)c(S(=O)(=O)NC2CCCCC2O)c(C)c1. The van der Waals surface area contributed by atoms with Crippen molar-refractivity contribution in [2.75, 3.05) is 12.4 Å². The molecule has 0 bridgehead atoms. The van der Waals surface area contributed by atoms with Crippen molar-refractivity contribution in [3.63, 3.8) is 0 Å². The number of hydrogen-bond donors (Lipinski definition) is 3. The van der Waals surface area contributed by atoms with Crippen molar-refractivity contribution in [1.29, 1.82) is 0 Å². The first-order valence-corrected chi connectivity index (χ1v) is 8.83. The molecule has 3 N–H and O–H groups in total. The zero-order valence-corrected chi connectivity index (χ0v) is 13.6. The summed E-state index contributed by atoms with van der Waals surface area (Å²) in [4.78, 5) is 0.319. The largest absolute Gasteiger partial charge is 0.391 e. The van der Waals surface area contributed by atoms with E-state index < -0.39 is 16.1 Å². The van der Waals surface area contributed by atoms with Crippen LogP contribution in [-0.4, -0.2) is 32.7 Å². The summed E-state index contributed by atoms with van der Waals surface area (Å²) in [6.07, 6.45) is 2.65. The maximum Gasteiger partial charge on any atom is 0.241 e. The van der Waals surface area contributed by atoms with Gasteiger partial charge in [-0.25, -0.2) is 13.1 Å². The number of aliphatic hydroxyl groups excluding tert-OH is 1. The van der Waals surface area contributed by atoms with Crippen LogP contribution < -0.4 is 10.0 Å². The molecular weight excluding hydrogens is 288 g/mol. The fourth-order valence-corrected chi connectivity index (χ4v) is 4.78. The van der Waals surface area contributed by atoms with Crippen LogP contribution in [0, 0.1) is 13.8 Å². The van der Waals surface area contributed by atoms with E-state index in [9.17, 15) is 13.5 Å². The van der Waals surface area contributed by atoms with Gasteiger partial charge < -0.3 is 10.4 Å². The summed E-state index contributed by atoms with van der Waals surface area (Å²) in [7, 11) is -1.81. The van der Waals surface area contributed by atoms with Crippen LogP contribution in [0.5, 0.6) is 0 Å². The maximum absolute atomic E-state index is 12.6. The van der Waals surface area contributed by atoms with Gasteiger partial charge in [-0.05, 0) is 49.9 Å². The van der Waals surface area contributed by atoms with Crippen molar-refractivity contribution in [1.82, 2.24) is 4.72 Å². The maximum atomic E-state index is 12.6. The molecule has 1 saturated carbocycles. The van der Waals surface area contributed by atoms with Gasteiger partial charge in [0.15, 0.2) is 0 Å². The molecule has 1 aliphatic rings. The molecule has 0 aromatic heterocycles. The number of anilines is 1. The number of hydrogen-bond acceptors (Lipinski definition) is 4. The summed E-state index contributed by atoms with van der Waals surface area (Å²) in [5, 5.41) is 13.0. The molecule has 2 unspecified atom stereocenters. The summed E-state index contributed by atoms with van der Waals surface area (Å²) in [6.45, 7) is 3.58. The molecule has 0 heterocycles. The minimum atomic E-state index is -3.62. The third-order valence-corrected chi connectivity index (χ3v) is 5.85. The van der Waals surface area contributed by atoms with Crippen LogP contribution in [0.3, 0.4) is 0 Å². The highest BCUT2D eigenvalue weighted by Gasteiger charge is 2.29. The first kappa shape index (κ1) is 16.3. The van der Waals surface area contributed by atoms with Crippen molar-refractivity contribution in [2.24, 2.45) is 0 Å². The van der Waals surface area contributed by atoms with Crippen molar-refractivity contribution in [3.05, 3.63) is 23.3 Å². The smallest absolute Gasteiger partial charge is 0.241 e. The van der Waals surface area contributed by atoms with Gasteiger partial charge in [-0.1, -0.05) is 12.8 Å². The van der Waals surface area contributed by atoms with Gasteiger partial charge in [0.1, 0.15) is 0 Å². The van der Waals surface area contributed by atoms with Gasteiger partial charge in [0.05, 0.1) is 11.0 Å². The second-order valence-electron chi connectivity index (χ2n) is 5.77. The van der Waals surface area contributed by atoms with Crippen LogP contribution in [0.1, 0.15) is 36.8 Å². The molecule has 0 aliphatic heterocycles. The van der Waals surface area contributed by atoms with Crippen LogP contribution in [0.2, 0.25) is 0 Å². The molecular formula is C15H24N2O3S. The third kappa shape index (κ3) is 3.56. The Morgan fingerprint density at radius 2 is 1.71 bits per heavy atom. The normalized spacial score (nSPS) is 23.0. The van der Waals surface area contributed by atoms with E-state index in [0.717, 1.165) is 18.5 Å². The molecule has 1 aliphatic carbocycles. The summed E-state index contributed by atoms with van der Waals surface area (Å²) in [5.74, 6) is 0. The zero-order chi connectivity index (χ0) is 15.6. The highest BCUT2D eigenvalue weighted by Crippen LogP contribution is 2.26. The van der Waals surface area contributed by atoms with E-state index >= 15 is 0 Å². The van der Waals surface area contributed by atoms with E-state index in [1.54, 1.807) is 20.9 Å². The monoisotopic (exact) mass is 312 g/mol. The summed E-state index contributed by atoms with van der Waals surface area (Å²) in [6, 6.07) is 3.25.